The number of morpholine rings is 1. The van der Waals surface area contributed by atoms with Crippen molar-refractivity contribution in [1.82, 2.24) is 13.5 Å². The molecule has 24 heavy (non-hydrogen) atoms. The number of piperidine rings is 2. The Hall–Kier alpha value is -0.700. The highest BCUT2D eigenvalue weighted by molar-refractivity contribution is 7.86. The number of hydrogen-bond acceptors (Lipinski definition) is 4. The summed E-state index contributed by atoms with van der Waals surface area (Å²) in [5, 5.41) is 0. The van der Waals surface area contributed by atoms with Gasteiger partial charge in [0.25, 0.3) is 10.2 Å². The van der Waals surface area contributed by atoms with E-state index in [1.54, 1.807) is 8.61 Å². The number of ether oxygens (including phenoxy) is 1. The molecule has 1 amide bonds. The number of hydrogen-bond donors (Lipinski definition) is 0. The van der Waals surface area contributed by atoms with Gasteiger partial charge in [-0.05, 0) is 31.6 Å². The van der Waals surface area contributed by atoms with Gasteiger partial charge in [-0.3, -0.25) is 4.79 Å². The molecule has 0 radical (unpaired) electrons. The van der Waals surface area contributed by atoms with Gasteiger partial charge in [0, 0.05) is 45.2 Å². The van der Waals surface area contributed by atoms with E-state index in [0.29, 0.717) is 71.2 Å². The van der Waals surface area contributed by atoms with Crippen molar-refractivity contribution in [1.29, 1.82) is 0 Å². The van der Waals surface area contributed by atoms with Crippen molar-refractivity contribution in [2.24, 2.45) is 11.8 Å². The zero-order valence-corrected chi connectivity index (χ0v) is 15.3. The highest BCUT2D eigenvalue weighted by Gasteiger charge is 2.37. The molecule has 8 heteroatoms. The second-order valence-corrected chi connectivity index (χ2v) is 9.13. The van der Waals surface area contributed by atoms with Crippen LogP contribution in [-0.4, -0.2) is 80.3 Å². The van der Waals surface area contributed by atoms with Crippen molar-refractivity contribution < 1.29 is 17.9 Å². The van der Waals surface area contributed by atoms with E-state index >= 15 is 0 Å². The molecule has 0 saturated carbocycles. The van der Waals surface area contributed by atoms with Gasteiger partial charge < -0.3 is 9.64 Å². The number of nitrogens with zero attached hydrogens (tertiary/aromatic N) is 3. The Labute approximate surface area is 145 Å². The van der Waals surface area contributed by atoms with E-state index < -0.39 is 10.2 Å². The molecule has 138 valence electrons. The van der Waals surface area contributed by atoms with Gasteiger partial charge in [-0.25, -0.2) is 0 Å². The van der Waals surface area contributed by atoms with Crippen molar-refractivity contribution >= 4 is 16.1 Å². The lowest BCUT2D eigenvalue weighted by Crippen LogP contribution is -2.51. The molecule has 3 aliphatic rings. The molecular weight excluding hydrogens is 330 g/mol. The van der Waals surface area contributed by atoms with Crippen LogP contribution in [-0.2, 0) is 19.7 Å². The summed E-state index contributed by atoms with van der Waals surface area (Å²) in [4.78, 5) is 14.4. The SMILES string of the molecule is CC1CCN(S(=O)(=O)N2CCC(C(=O)N3CCOCC3)CC2)CC1. The standard InChI is InChI=1S/C16H29N3O4S/c1-14-2-6-18(7-3-14)24(21,22)19-8-4-15(5-9-19)16(20)17-10-12-23-13-11-17/h14-15H,2-13H2,1H3. The van der Waals surface area contributed by atoms with Crippen molar-refractivity contribution in [3.8, 4) is 0 Å². The van der Waals surface area contributed by atoms with Gasteiger partial charge in [0.05, 0.1) is 13.2 Å². The molecule has 3 fully saturated rings. The third kappa shape index (κ3) is 3.92. The first-order chi connectivity index (χ1) is 11.5. The van der Waals surface area contributed by atoms with E-state index in [1.165, 1.54) is 0 Å². The summed E-state index contributed by atoms with van der Waals surface area (Å²) in [6.45, 7) is 6.84. The van der Waals surface area contributed by atoms with Crippen LogP contribution in [0.4, 0.5) is 0 Å². The average Bonchev–Trinajstić information content (AvgIpc) is 2.62. The molecule has 0 aromatic heterocycles. The normalized spacial score (nSPS) is 26.6. The minimum Gasteiger partial charge on any atom is -0.378 e. The molecule has 0 bridgehead atoms. The van der Waals surface area contributed by atoms with E-state index in [2.05, 4.69) is 6.92 Å². The third-order valence-corrected chi connectivity index (χ3v) is 7.56. The topological polar surface area (TPSA) is 70.2 Å². The first kappa shape index (κ1) is 18.1. The fourth-order valence-electron chi connectivity index (χ4n) is 3.75. The lowest BCUT2D eigenvalue weighted by Gasteiger charge is -2.38. The quantitative estimate of drug-likeness (QED) is 0.737. The molecular formula is C16H29N3O4S. The van der Waals surface area contributed by atoms with Crippen molar-refractivity contribution in [3.05, 3.63) is 0 Å². The Morgan fingerprint density at radius 3 is 1.92 bits per heavy atom. The van der Waals surface area contributed by atoms with Gasteiger partial charge in [0.15, 0.2) is 0 Å². The van der Waals surface area contributed by atoms with Gasteiger partial charge >= 0.3 is 0 Å². The minimum atomic E-state index is -3.36. The number of rotatable bonds is 3. The summed E-state index contributed by atoms with van der Waals surface area (Å²) in [6.07, 6.45) is 3.12. The van der Waals surface area contributed by atoms with E-state index in [1.807, 2.05) is 4.90 Å². The van der Waals surface area contributed by atoms with Gasteiger partial charge in [-0.15, -0.1) is 0 Å². The van der Waals surface area contributed by atoms with Crippen LogP contribution in [0.2, 0.25) is 0 Å². The van der Waals surface area contributed by atoms with Gasteiger partial charge in [0.2, 0.25) is 5.91 Å². The smallest absolute Gasteiger partial charge is 0.281 e. The summed E-state index contributed by atoms with van der Waals surface area (Å²) in [7, 11) is -3.36. The van der Waals surface area contributed by atoms with Gasteiger partial charge in [0.1, 0.15) is 0 Å². The maximum Gasteiger partial charge on any atom is 0.281 e. The van der Waals surface area contributed by atoms with E-state index in [4.69, 9.17) is 4.74 Å². The maximum absolute atomic E-state index is 12.8. The van der Waals surface area contributed by atoms with E-state index in [0.717, 1.165) is 12.8 Å². The zero-order valence-electron chi connectivity index (χ0n) is 14.5. The molecule has 0 aromatic rings. The monoisotopic (exact) mass is 359 g/mol. The maximum atomic E-state index is 12.8. The first-order valence-electron chi connectivity index (χ1n) is 9.10. The third-order valence-electron chi connectivity index (χ3n) is 5.52. The van der Waals surface area contributed by atoms with Crippen LogP contribution in [0.1, 0.15) is 32.6 Å². The molecule has 7 nitrogen and oxygen atoms in total. The number of carbonyl (C=O) groups is 1. The average molecular weight is 359 g/mol. The van der Waals surface area contributed by atoms with Crippen LogP contribution < -0.4 is 0 Å². The molecule has 3 aliphatic heterocycles. The van der Waals surface area contributed by atoms with Crippen LogP contribution in [0, 0.1) is 11.8 Å². The molecule has 3 saturated heterocycles. The zero-order chi connectivity index (χ0) is 17.2. The predicted octanol–water partition coefficient (Wildman–Crippen LogP) is 0.534. The highest BCUT2D eigenvalue weighted by Crippen LogP contribution is 2.26. The molecule has 0 aliphatic carbocycles. The Bertz CT molecular complexity index is 532. The van der Waals surface area contributed by atoms with Crippen molar-refractivity contribution in [2.75, 3.05) is 52.5 Å². The lowest BCUT2D eigenvalue weighted by atomic mass is 9.96. The summed E-state index contributed by atoms with van der Waals surface area (Å²) >= 11 is 0. The van der Waals surface area contributed by atoms with Crippen molar-refractivity contribution in [2.45, 2.75) is 32.6 Å². The van der Waals surface area contributed by atoms with Crippen LogP contribution in [0.3, 0.4) is 0 Å². The Balaban J connectivity index is 1.53. The lowest BCUT2D eigenvalue weighted by molar-refractivity contribution is -0.140. The Morgan fingerprint density at radius 1 is 0.875 bits per heavy atom. The van der Waals surface area contributed by atoms with Crippen LogP contribution in [0.25, 0.3) is 0 Å². The predicted molar refractivity (Wildman–Crippen MR) is 90.6 cm³/mol. The van der Waals surface area contributed by atoms with Gasteiger partial charge in [-0.1, -0.05) is 6.92 Å². The summed E-state index contributed by atoms with van der Waals surface area (Å²) in [5.41, 5.74) is 0. The molecule has 0 N–H and O–H groups in total. The highest BCUT2D eigenvalue weighted by atomic mass is 32.2. The molecule has 3 heterocycles. The Kier molecular flexibility index (Phi) is 5.79. The fraction of sp³-hybridized carbons (Fsp3) is 0.938. The van der Waals surface area contributed by atoms with Crippen LogP contribution >= 0.6 is 0 Å². The van der Waals surface area contributed by atoms with Crippen LogP contribution in [0.15, 0.2) is 0 Å². The molecule has 0 spiro atoms. The molecule has 0 unspecified atom stereocenters. The van der Waals surface area contributed by atoms with E-state index in [9.17, 15) is 13.2 Å². The number of amides is 1. The summed E-state index contributed by atoms with van der Waals surface area (Å²) in [6, 6.07) is 0. The Morgan fingerprint density at radius 2 is 1.38 bits per heavy atom. The number of carbonyl (C=O) groups excluding carboxylic acids is 1. The van der Waals surface area contributed by atoms with Crippen LogP contribution in [0.5, 0.6) is 0 Å². The first-order valence-corrected chi connectivity index (χ1v) is 10.5. The molecule has 0 atom stereocenters. The van der Waals surface area contributed by atoms with Gasteiger partial charge in [-0.2, -0.15) is 17.0 Å². The van der Waals surface area contributed by atoms with E-state index in [-0.39, 0.29) is 11.8 Å². The molecule has 0 aromatic carbocycles. The minimum absolute atomic E-state index is 0.0454. The second-order valence-electron chi connectivity index (χ2n) is 7.20. The summed E-state index contributed by atoms with van der Waals surface area (Å²) in [5.74, 6) is 0.728. The second kappa shape index (κ2) is 7.68. The fourth-order valence-corrected chi connectivity index (χ4v) is 5.43. The largest absolute Gasteiger partial charge is 0.378 e. The summed E-state index contributed by atoms with van der Waals surface area (Å²) < 4.78 is 34.0. The molecule has 3 rings (SSSR count). The van der Waals surface area contributed by atoms with Crippen molar-refractivity contribution in [3.63, 3.8) is 0 Å².